The first kappa shape index (κ1) is 30.0. The number of anilines is 1. The van der Waals surface area contributed by atoms with E-state index in [1.807, 2.05) is 6.92 Å². The summed E-state index contributed by atoms with van der Waals surface area (Å²) in [4.78, 5) is 47.0. The van der Waals surface area contributed by atoms with Gasteiger partial charge in [0.2, 0.25) is 5.91 Å². The lowest BCUT2D eigenvalue weighted by atomic mass is 9.98. The number of hydrogen-bond donors (Lipinski definition) is 3. The number of carbonyl (C=O) groups is 2. The Labute approximate surface area is 241 Å². The van der Waals surface area contributed by atoms with Crippen LogP contribution < -0.4 is 22.5 Å². The van der Waals surface area contributed by atoms with E-state index in [0.29, 0.717) is 24.9 Å². The van der Waals surface area contributed by atoms with E-state index >= 15 is 0 Å². The van der Waals surface area contributed by atoms with E-state index in [-0.39, 0.29) is 54.6 Å². The maximum absolute atomic E-state index is 14.1. The van der Waals surface area contributed by atoms with Crippen LogP contribution in [0.15, 0.2) is 35.3 Å². The van der Waals surface area contributed by atoms with Crippen molar-refractivity contribution in [3.05, 3.63) is 52.1 Å². The van der Waals surface area contributed by atoms with Crippen LogP contribution in [0.1, 0.15) is 31.9 Å². The number of likely N-dealkylation sites (tertiary alicyclic amines) is 1. The Morgan fingerprint density at radius 3 is 2.26 bits per heavy atom. The van der Waals surface area contributed by atoms with Crippen molar-refractivity contribution in [1.29, 1.82) is 0 Å². The van der Waals surface area contributed by atoms with Gasteiger partial charge in [-0.25, -0.2) is 9.59 Å². The summed E-state index contributed by atoms with van der Waals surface area (Å²) in [5.41, 5.74) is 9.40. The zero-order valence-electron chi connectivity index (χ0n) is 23.9. The maximum Gasteiger partial charge on any atom is 0.416 e. The van der Waals surface area contributed by atoms with E-state index in [1.165, 1.54) is 29.3 Å². The van der Waals surface area contributed by atoms with Crippen LogP contribution in [0.5, 0.6) is 0 Å². The average molecular weight is 591 g/mol. The number of piperazine rings is 1. The average Bonchev–Trinajstić information content (AvgIpc) is 3.30. The molecule has 14 heteroatoms. The zero-order valence-corrected chi connectivity index (χ0v) is 23.9. The van der Waals surface area contributed by atoms with E-state index in [9.17, 15) is 27.6 Å². The molecule has 1 aromatic heterocycles. The second kappa shape index (κ2) is 11.0. The van der Waals surface area contributed by atoms with Gasteiger partial charge in [-0.05, 0) is 62.8 Å². The van der Waals surface area contributed by atoms with Crippen LogP contribution >= 0.6 is 0 Å². The number of urea groups is 1. The highest BCUT2D eigenvalue weighted by atomic mass is 19.4. The van der Waals surface area contributed by atoms with Gasteiger partial charge in [0.05, 0.1) is 16.8 Å². The van der Waals surface area contributed by atoms with Crippen molar-refractivity contribution < 1.29 is 22.8 Å². The molecule has 2 aliphatic heterocycles. The Hall–Kier alpha value is -3.49. The topological polar surface area (TPSA) is 143 Å². The van der Waals surface area contributed by atoms with Crippen molar-refractivity contribution >= 4 is 17.8 Å². The van der Waals surface area contributed by atoms with E-state index in [2.05, 4.69) is 15.2 Å². The van der Waals surface area contributed by atoms with Gasteiger partial charge in [0.25, 0.3) is 0 Å². The zero-order chi connectivity index (χ0) is 30.6. The number of benzene rings is 1. The van der Waals surface area contributed by atoms with Crippen LogP contribution in [0.25, 0.3) is 5.69 Å². The number of fused-ring (bicyclic) bond motifs is 1. The maximum atomic E-state index is 14.1. The molecule has 5 N–H and O–H groups in total. The third kappa shape index (κ3) is 6.15. The minimum atomic E-state index is -4.61. The molecule has 0 spiro atoms. The molecule has 3 amide bonds. The molecule has 3 heterocycles. The molecule has 2 aromatic rings. The molecule has 0 bridgehead atoms. The molecule has 4 atom stereocenters. The summed E-state index contributed by atoms with van der Waals surface area (Å²) in [5, 5.41) is 2.55. The first-order chi connectivity index (χ1) is 19.6. The minimum absolute atomic E-state index is 0.0195. The molecule has 1 saturated carbocycles. The van der Waals surface area contributed by atoms with Crippen LogP contribution in [-0.2, 0) is 17.4 Å². The summed E-state index contributed by atoms with van der Waals surface area (Å²) < 4.78 is 43.3. The molecule has 228 valence electrons. The summed E-state index contributed by atoms with van der Waals surface area (Å²) in [6, 6.07) is 4.82. The summed E-state index contributed by atoms with van der Waals surface area (Å²) in [7, 11) is 0. The first-order valence-electron chi connectivity index (χ1n) is 14.1. The van der Waals surface area contributed by atoms with Crippen molar-refractivity contribution in [2.75, 3.05) is 44.6 Å². The van der Waals surface area contributed by atoms with Crippen molar-refractivity contribution in [2.24, 2.45) is 23.3 Å². The quantitative estimate of drug-likeness (QED) is 0.463. The second-order valence-corrected chi connectivity index (χ2v) is 12.1. The van der Waals surface area contributed by atoms with Crippen LogP contribution in [0.4, 0.5) is 23.8 Å². The predicted octanol–water partition coefficient (Wildman–Crippen LogP) is 1.48. The standard InChI is InChI=1S/C28H37F3N8O3/c1-16(38-14-19-20(15-38)23(19)32)12-17-4-5-18(13-21(17)28(29,30)31)39-7-6-22(35-26(39)42)34-25(41)37-10-8-36(9-11-37)24(40)27(2,3)33/h4-7,13,16,19-20,23H,8-12,14-15,32-33H2,1-3H3,(H,34,35,41,42)/t16?,19-,20+,23?. The number of nitrogens with two attached hydrogens (primary N) is 2. The van der Waals surface area contributed by atoms with Gasteiger partial charge in [-0.1, -0.05) is 6.07 Å². The van der Waals surface area contributed by atoms with Gasteiger partial charge in [-0.15, -0.1) is 0 Å². The molecule has 11 nitrogen and oxygen atoms in total. The van der Waals surface area contributed by atoms with Crippen LogP contribution in [0.2, 0.25) is 0 Å². The summed E-state index contributed by atoms with van der Waals surface area (Å²) in [6.45, 7) is 7.93. The molecular weight excluding hydrogens is 553 g/mol. The van der Waals surface area contributed by atoms with E-state index in [0.717, 1.165) is 23.7 Å². The Balaban J connectivity index is 1.25. The normalized spacial score (nSPS) is 23.5. The molecule has 1 aromatic carbocycles. The van der Waals surface area contributed by atoms with E-state index in [4.69, 9.17) is 11.5 Å². The van der Waals surface area contributed by atoms with Crippen molar-refractivity contribution in [2.45, 2.75) is 51.0 Å². The summed E-state index contributed by atoms with van der Waals surface area (Å²) in [6.07, 6.45) is -3.11. The molecule has 2 unspecified atom stereocenters. The highest BCUT2D eigenvalue weighted by Gasteiger charge is 2.54. The van der Waals surface area contributed by atoms with E-state index in [1.54, 1.807) is 18.7 Å². The van der Waals surface area contributed by atoms with Gasteiger partial charge in [0.15, 0.2) is 0 Å². The van der Waals surface area contributed by atoms with Crippen molar-refractivity contribution in [1.82, 2.24) is 24.3 Å². The lowest BCUT2D eigenvalue weighted by Gasteiger charge is -2.37. The fraction of sp³-hybridized carbons (Fsp3) is 0.571. The van der Waals surface area contributed by atoms with Crippen molar-refractivity contribution in [3.63, 3.8) is 0 Å². The third-order valence-corrected chi connectivity index (χ3v) is 8.55. The van der Waals surface area contributed by atoms with Gasteiger partial charge in [-0.3, -0.25) is 19.6 Å². The fourth-order valence-corrected chi connectivity index (χ4v) is 5.95. The molecule has 1 aliphatic carbocycles. The van der Waals surface area contributed by atoms with Crippen LogP contribution in [0, 0.1) is 11.8 Å². The Morgan fingerprint density at radius 2 is 1.69 bits per heavy atom. The Morgan fingerprint density at radius 1 is 1.07 bits per heavy atom. The van der Waals surface area contributed by atoms with Crippen LogP contribution in [0.3, 0.4) is 0 Å². The monoisotopic (exact) mass is 590 g/mol. The number of nitrogens with zero attached hydrogens (tertiary/aromatic N) is 5. The fourth-order valence-electron chi connectivity index (χ4n) is 5.95. The SMILES string of the molecule is CC(Cc1ccc(-n2ccc(NC(=O)N3CCN(C(=O)C(C)(C)N)CC3)nc2=O)cc1C(F)(F)F)N1C[C@@H]2C(N)[C@@H]2C1. The highest BCUT2D eigenvalue weighted by molar-refractivity contribution is 5.89. The van der Waals surface area contributed by atoms with E-state index < -0.39 is 29.0 Å². The molecule has 0 radical (unpaired) electrons. The van der Waals surface area contributed by atoms with Gasteiger partial charge in [-0.2, -0.15) is 18.2 Å². The van der Waals surface area contributed by atoms with Gasteiger partial charge < -0.3 is 21.3 Å². The number of aromatic nitrogens is 2. The second-order valence-electron chi connectivity index (χ2n) is 12.1. The number of hydrogen-bond acceptors (Lipinski definition) is 7. The lowest BCUT2D eigenvalue weighted by molar-refractivity contribution is -0.138. The van der Waals surface area contributed by atoms with Gasteiger partial charge in [0.1, 0.15) is 5.82 Å². The first-order valence-corrected chi connectivity index (χ1v) is 14.1. The Bertz CT molecular complexity index is 1400. The molecule has 3 fully saturated rings. The van der Waals surface area contributed by atoms with Gasteiger partial charge in [0, 0.05) is 57.5 Å². The molecular formula is C28H37F3N8O3. The number of rotatable bonds is 6. The number of nitrogens with one attached hydrogen (secondary N) is 1. The molecule has 42 heavy (non-hydrogen) atoms. The molecule has 3 aliphatic rings. The molecule has 2 saturated heterocycles. The molecule has 5 rings (SSSR count). The van der Waals surface area contributed by atoms with Crippen molar-refractivity contribution in [3.8, 4) is 5.69 Å². The largest absolute Gasteiger partial charge is 0.416 e. The Kier molecular flexibility index (Phi) is 7.83. The summed E-state index contributed by atoms with van der Waals surface area (Å²) in [5.74, 6) is 0.632. The smallest absolute Gasteiger partial charge is 0.338 e. The van der Waals surface area contributed by atoms with Gasteiger partial charge >= 0.3 is 17.9 Å². The highest BCUT2D eigenvalue weighted by Crippen LogP contribution is 2.45. The predicted molar refractivity (Wildman–Crippen MR) is 150 cm³/mol. The summed E-state index contributed by atoms with van der Waals surface area (Å²) >= 11 is 0. The number of halogens is 3. The number of piperidine rings is 1. The minimum Gasteiger partial charge on any atom is -0.338 e. The third-order valence-electron chi connectivity index (χ3n) is 8.55. The number of carbonyl (C=O) groups excluding carboxylic acids is 2. The number of alkyl halides is 3. The lowest BCUT2D eigenvalue weighted by Crippen LogP contribution is -2.58. The van der Waals surface area contributed by atoms with Crippen LogP contribution in [-0.4, -0.2) is 93.1 Å². The number of amides is 3.